The third-order valence-electron chi connectivity index (χ3n) is 3.48. The molecule has 3 nitrogen and oxygen atoms in total. The summed E-state index contributed by atoms with van der Waals surface area (Å²) in [6, 6.07) is 15.1. The van der Waals surface area contributed by atoms with Crippen molar-refractivity contribution >= 4 is 11.8 Å². The molecular formula is C19H20O3. The van der Waals surface area contributed by atoms with E-state index in [9.17, 15) is 9.59 Å². The van der Waals surface area contributed by atoms with Crippen LogP contribution in [0.1, 0.15) is 36.2 Å². The van der Waals surface area contributed by atoms with Crippen LogP contribution in [-0.4, -0.2) is 18.4 Å². The monoisotopic (exact) mass is 296 g/mol. The summed E-state index contributed by atoms with van der Waals surface area (Å²) in [5.74, 6) is -0.0944. The molecule has 0 aliphatic rings. The van der Waals surface area contributed by atoms with Gasteiger partial charge in [0.1, 0.15) is 5.78 Å². The molecule has 0 spiro atoms. The molecule has 114 valence electrons. The molecular weight excluding hydrogens is 276 g/mol. The standard InChI is InChI=1S/C19H20O3/c1-3-16(20)13-14-9-11-15(12-10-14)17-7-5-6-8-18(17)19(21)22-4-2/h5-12H,3-4,13H2,1-2H3. The summed E-state index contributed by atoms with van der Waals surface area (Å²) in [5.41, 5.74) is 3.33. The van der Waals surface area contributed by atoms with Gasteiger partial charge in [-0.3, -0.25) is 4.79 Å². The number of hydrogen-bond acceptors (Lipinski definition) is 3. The van der Waals surface area contributed by atoms with Gasteiger partial charge >= 0.3 is 5.97 Å². The van der Waals surface area contributed by atoms with E-state index in [4.69, 9.17) is 4.74 Å². The van der Waals surface area contributed by atoms with Gasteiger partial charge in [0.2, 0.25) is 0 Å². The minimum absolute atomic E-state index is 0.222. The number of carbonyl (C=O) groups is 2. The van der Waals surface area contributed by atoms with Crippen molar-refractivity contribution in [2.45, 2.75) is 26.7 Å². The Morgan fingerprint density at radius 2 is 1.64 bits per heavy atom. The molecule has 0 aliphatic carbocycles. The first-order valence-electron chi connectivity index (χ1n) is 7.52. The molecule has 0 amide bonds. The fourth-order valence-electron chi connectivity index (χ4n) is 2.28. The van der Waals surface area contributed by atoms with Crippen LogP contribution in [0.4, 0.5) is 0 Å². The van der Waals surface area contributed by atoms with Crippen LogP contribution >= 0.6 is 0 Å². The molecule has 0 radical (unpaired) electrons. The summed E-state index contributed by atoms with van der Waals surface area (Å²) in [6.45, 7) is 4.01. The van der Waals surface area contributed by atoms with Crippen LogP contribution in [0, 0.1) is 0 Å². The van der Waals surface area contributed by atoms with Gasteiger partial charge < -0.3 is 4.74 Å². The molecule has 2 aromatic carbocycles. The fourth-order valence-corrected chi connectivity index (χ4v) is 2.28. The summed E-state index contributed by atoms with van der Waals surface area (Å²) in [4.78, 5) is 23.5. The highest BCUT2D eigenvalue weighted by atomic mass is 16.5. The average Bonchev–Trinajstić information content (AvgIpc) is 2.55. The average molecular weight is 296 g/mol. The number of ketones is 1. The number of Topliss-reactive ketones (excluding diaryl/α,β-unsaturated/α-hetero) is 1. The molecule has 0 N–H and O–H groups in total. The number of ether oxygens (including phenoxy) is 1. The lowest BCUT2D eigenvalue weighted by Gasteiger charge is -2.09. The summed E-state index contributed by atoms with van der Waals surface area (Å²) in [7, 11) is 0. The molecule has 0 aliphatic heterocycles. The van der Waals surface area contributed by atoms with Gasteiger partial charge in [-0.15, -0.1) is 0 Å². The first kappa shape index (κ1) is 16.0. The molecule has 0 bridgehead atoms. The third-order valence-corrected chi connectivity index (χ3v) is 3.48. The summed E-state index contributed by atoms with van der Waals surface area (Å²) in [5, 5.41) is 0. The Labute approximate surface area is 130 Å². The Kier molecular flexibility index (Phi) is 5.48. The molecule has 0 saturated heterocycles. The summed E-state index contributed by atoms with van der Waals surface area (Å²) in [6.07, 6.45) is 1.00. The molecule has 0 fully saturated rings. The molecule has 2 aromatic rings. The zero-order valence-electron chi connectivity index (χ0n) is 13.0. The highest BCUT2D eigenvalue weighted by Gasteiger charge is 2.13. The molecule has 0 saturated carbocycles. The molecule has 0 heterocycles. The predicted molar refractivity (Wildman–Crippen MR) is 86.8 cm³/mol. The quantitative estimate of drug-likeness (QED) is 0.755. The van der Waals surface area contributed by atoms with Crippen molar-refractivity contribution in [3.63, 3.8) is 0 Å². The van der Waals surface area contributed by atoms with Crippen LogP contribution in [0.5, 0.6) is 0 Å². The molecule has 0 unspecified atom stereocenters. The summed E-state index contributed by atoms with van der Waals surface area (Å²) < 4.78 is 5.10. The predicted octanol–water partition coefficient (Wildman–Crippen LogP) is 4.05. The maximum absolute atomic E-state index is 12.0. The van der Waals surface area contributed by atoms with Gasteiger partial charge in [0.05, 0.1) is 12.2 Å². The second-order valence-corrected chi connectivity index (χ2v) is 5.03. The minimum atomic E-state index is -0.316. The van der Waals surface area contributed by atoms with Crippen LogP contribution < -0.4 is 0 Å². The number of esters is 1. The zero-order valence-corrected chi connectivity index (χ0v) is 13.0. The second-order valence-electron chi connectivity index (χ2n) is 5.03. The Balaban J connectivity index is 2.29. The number of benzene rings is 2. The smallest absolute Gasteiger partial charge is 0.338 e. The molecule has 22 heavy (non-hydrogen) atoms. The Hall–Kier alpha value is -2.42. The highest BCUT2D eigenvalue weighted by molar-refractivity contribution is 5.97. The van der Waals surface area contributed by atoms with Crippen molar-refractivity contribution in [1.29, 1.82) is 0 Å². The van der Waals surface area contributed by atoms with Crippen molar-refractivity contribution in [2.75, 3.05) is 6.61 Å². The first-order valence-corrected chi connectivity index (χ1v) is 7.52. The van der Waals surface area contributed by atoms with Gasteiger partial charge in [-0.2, -0.15) is 0 Å². The van der Waals surface area contributed by atoms with E-state index in [1.165, 1.54) is 0 Å². The van der Waals surface area contributed by atoms with Crippen molar-refractivity contribution in [3.05, 3.63) is 59.7 Å². The summed E-state index contributed by atoms with van der Waals surface area (Å²) >= 11 is 0. The highest BCUT2D eigenvalue weighted by Crippen LogP contribution is 2.25. The number of rotatable bonds is 6. The van der Waals surface area contributed by atoms with Gasteiger partial charge in [-0.25, -0.2) is 4.79 Å². The maximum atomic E-state index is 12.0. The fraction of sp³-hybridized carbons (Fsp3) is 0.263. The van der Waals surface area contributed by atoms with Gasteiger partial charge in [0.25, 0.3) is 0 Å². The van der Waals surface area contributed by atoms with Crippen LogP contribution in [0.2, 0.25) is 0 Å². The van der Waals surface area contributed by atoms with Crippen molar-refractivity contribution in [3.8, 4) is 11.1 Å². The van der Waals surface area contributed by atoms with Crippen molar-refractivity contribution < 1.29 is 14.3 Å². The molecule has 0 aromatic heterocycles. The van der Waals surface area contributed by atoms with E-state index in [-0.39, 0.29) is 11.8 Å². The van der Waals surface area contributed by atoms with Crippen molar-refractivity contribution in [1.82, 2.24) is 0 Å². The maximum Gasteiger partial charge on any atom is 0.338 e. The van der Waals surface area contributed by atoms with Crippen LogP contribution in [0.25, 0.3) is 11.1 Å². The van der Waals surface area contributed by atoms with E-state index < -0.39 is 0 Å². The van der Waals surface area contributed by atoms with Gasteiger partial charge in [0.15, 0.2) is 0 Å². The van der Waals surface area contributed by atoms with E-state index in [1.807, 2.05) is 49.4 Å². The second kappa shape index (κ2) is 7.55. The lowest BCUT2D eigenvalue weighted by molar-refractivity contribution is -0.118. The van der Waals surface area contributed by atoms with Gasteiger partial charge in [0, 0.05) is 12.8 Å². The van der Waals surface area contributed by atoms with E-state index in [0.717, 1.165) is 16.7 Å². The number of carbonyl (C=O) groups excluding carboxylic acids is 2. The zero-order chi connectivity index (χ0) is 15.9. The SMILES string of the molecule is CCOC(=O)c1ccccc1-c1ccc(CC(=O)CC)cc1. The topological polar surface area (TPSA) is 43.4 Å². The molecule has 3 heteroatoms. The Bertz CT molecular complexity index is 657. The van der Waals surface area contributed by atoms with Crippen LogP contribution in [0.3, 0.4) is 0 Å². The van der Waals surface area contributed by atoms with E-state index in [0.29, 0.717) is 25.0 Å². The minimum Gasteiger partial charge on any atom is -0.462 e. The van der Waals surface area contributed by atoms with E-state index in [2.05, 4.69) is 0 Å². The Morgan fingerprint density at radius 1 is 0.955 bits per heavy atom. The normalized spacial score (nSPS) is 10.3. The van der Waals surface area contributed by atoms with Gasteiger partial charge in [-0.1, -0.05) is 49.4 Å². The molecule has 0 atom stereocenters. The third kappa shape index (κ3) is 3.82. The van der Waals surface area contributed by atoms with Crippen molar-refractivity contribution in [2.24, 2.45) is 0 Å². The van der Waals surface area contributed by atoms with Crippen LogP contribution in [-0.2, 0) is 16.0 Å². The van der Waals surface area contributed by atoms with E-state index in [1.54, 1.807) is 13.0 Å². The lowest BCUT2D eigenvalue weighted by atomic mass is 9.97. The van der Waals surface area contributed by atoms with Crippen LogP contribution in [0.15, 0.2) is 48.5 Å². The first-order chi connectivity index (χ1) is 10.7. The van der Waals surface area contributed by atoms with E-state index >= 15 is 0 Å². The number of hydrogen-bond donors (Lipinski definition) is 0. The Morgan fingerprint density at radius 3 is 2.27 bits per heavy atom. The lowest BCUT2D eigenvalue weighted by Crippen LogP contribution is -2.06. The molecule has 2 rings (SSSR count). The largest absolute Gasteiger partial charge is 0.462 e. The van der Waals surface area contributed by atoms with Gasteiger partial charge in [-0.05, 0) is 29.7 Å².